The fourth-order valence-electron chi connectivity index (χ4n) is 3.77. The largest absolute Gasteiger partial charge is 0.481 e. The number of aliphatic carboxylic acids is 1. The molecule has 0 aliphatic heterocycles. The Hall–Kier alpha value is -4.47. The molecular formula is C26H19F4N3O3. The number of rotatable bonds is 7. The van der Waals surface area contributed by atoms with Gasteiger partial charge in [-0.25, -0.2) is 9.07 Å². The molecule has 184 valence electrons. The quantitative estimate of drug-likeness (QED) is 0.324. The van der Waals surface area contributed by atoms with Crippen LogP contribution in [0.2, 0.25) is 0 Å². The lowest BCUT2D eigenvalue weighted by Crippen LogP contribution is -2.31. The van der Waals surface area contributed by atoms with Crippen LogP contribution in [0.4, 0.5) is 17.6 Å². The van der Waals surface area contributed by atoms with Crippen LogP contribution in [0, 0.1) is 5.82 Å². The van der Waals surface area contributed by atoms with Crippen molar-refractivity contribution in [2.75, 3.05) is 0 Å². The third-order valence-corrected chi connectivity index (χ3v) is 5.46. The van der Waals surface area contributed by atoms with Gasteiger partial charge in [-0.2, -0.15) is 18.3 Å². The molecule has 4 rings (SSSR count). The van der Waals surface area contributed by atoms with Crippen LogP contribution in [-0.4, -0.2) is 26.8 Å². The van der Waals surface area contributed by atoms with E-state index in [-0.39, 0.29) is 5.69 Å². The Bertz CT molecular complexity index is 1370. The zero-order chi connectivity index (χ0) is 25.9. The van der Waals surface area contributed by atoms with Gasteiger partial charge < -0.3 is 10.4 Å². The van der Waals surface area contributed by atoms with E-state index < -0.39 is 47.6 Å². The monoisotopic (exact) mass is 497 g/mol. The standard InChI is InChI=1S/C26H19F4N3O3/c27-19-10-12-20(13-11-19)33-24(26(28,29)30)21(15-31-33)25(36)32-22(14-23(34)35)18-8-6-17(7-9-18)16-4-2-1-3-5-16/h1-13,15,22H,14H2,(H,32,36)(H,34,35). The van der Waals surface area contributed by atoms with Gasteiger partial charge >= 0.3 is 12.1 Å². The summed E-state index contributed by atoms with van der Waals surface area (Å²) in [6, 6.07) is 19.1. The van der Waals surface area contributed by atoms with E-state index in [0.717, 1.165) is 41.6 Å². The minimum Gasteiger partial charge on any atom is -0.481 e. The van der Waals surface area contributed by atoms with Crippen molar-refractivity contribution < 1.29 is 32.3 Å². The van der Waals surface area contributed by atoms with Gasteiger partial charge in [0.1, 0.15) is 5.82 Å². The molecule has 0 saturated heterocycles. The molecule has 0 bridgehead atoms. The number of carbonyl (C=O) groups is 2. The van der Waals surface area contributed by atoms with Crippen LogP contribution in [0.3, 0.4) is 0 Å². The molecule has 2 N–H and O–H groups in total. The van der Waals surface area contributed by atoms with Gasteiger partial charge in [0.2, 0.25) is 0 Å². The molecule has 1 unspecified atom stereocenters. The summed E-state index contributed by atoms with van der Waals surface area (Å²) in [4.78, 5) is 24.4. The van der Waals surface area contributed by atoms with Gasteiger partial charge in [0.15, 0.2) is 5.69 Å². The Kier molecular flexibility index (Phi) is 6.86. The van der Waals surface area contributed by atoms with Gasteiger partial charge in [-0.05, 0) is 41.0 Å². The first-order chi connectivity index (χ1) is 17.1. The van der Waals surface area contributed by atoms with Crippen molar-refractivity contribution in [1.29, 1.82) is 0 Å². The number of carbonyl (C=O) groups excluding carboxylic acids is 1. The number of nitrogens with one attached hydrogen (secondary N) is 1. The predicted octanol–water partition coefficient (Wildman–Crippen LogP) is 5.64. The van der Waals surface area contributed by atoms with E-state index in [9.17, 15) is 32.3 Å². The Balaban J connectivity index is 1.65. The van der Waals surface area contributed by atoms with Gasteiger partial charge in [-0.3, -0.25) is 9.59 Å². The molecule has 3 aromatic carbocycles. The minimum absolute atomic E-state index is 0.0960. The van der Waals surface area contributed by atoms with Crippen molar-refractivity contribution in [3.63, 3.8) is 0 Å². The van der Waals surface area contributed by atoms with E-state index in [1.807, 2.05) is 30.3 Å². The maximum absolute atomic E-state index is 13.9. The van der Waals surface area contributed by atoms with Crippen molar-refractivity contribution in [3.8, 4) is 16.8 Å². The topological polar surface area (TPSA) is 84.2 Å². The summed E-state index contributed by atoms with van der Waals surface area (Å²) in [7, 11) is 0. The van der Waals surface area contributed by atoms with E-state index in [1.54, 1.807) is 24.3 Å². The molecule has 6 nitrogen and oxygen atoms in total. The van der Waals surface area contributed by atoms with E-state index in [2.05, 4.69) is 10.4 Å². The van der Waals surface area contributed by atoms with Gasteiger partial charge in [0.25, 0.3) is 5.91 Å². The van der Waals surface area contributed by atoms with Gasteiger partial charge in [-0.15, -0.1) is 0 Å². The van der Waals surface area contributed by atoms with Gasteiger partial charge in [0, 0.05) is 0 Å². The highest BCUT2D eigenvalue weighted by atomic mass is 19.4. The SMILES string of the molecule is O=C(O)CC(NC(=O)c1cnn(-c2ccc(F)cc2)c1C(F)(F)F)c1ccc(-c2ccccc2)cc1. The average molecular weight is 497 g/mol. The summed E-state index contributed by atoms with van der Waals surface area (Å²) in [6.45, 7) is 0. The second-order valence-corrected chi connectivity index (χ2v) is 7.90. The van der Waals surface area contributed by atoms with Crippen LogP contribution < -0.4 is 5.32 Å². The Morgan fingerprint density at radius 2 is 1.53 bits per heavy atom. The first-order valence-corrected chi connectivity index (χ1v) is 10.7. The maximum Gasteiger partial charge on any atom is 0.434 e. The molecule has 0 spiro atoms. The summed E-state index contributed by atoms with van der Waals surface area (Å²) < 4.78 is 55.5. The zero-order valence-corrected chi connectivity index (χ0v) is 18.5. The number of nitrogens with zero attached hydrogens (tertiary/aromatic N) is 2. The average Bonchev–Trinajstić information content (AvgIpc) is 3.31. The van der Waals surface area contributed by atoms with Crippen molar-refractivity contribution >= 4 is 11.9 Å². The number of hydrogen-bond donors (Lipinski definition) is 2. The number of carboxylic acid groups (broad SMARTS) is 1. The summed E-state index contributed by atoms with van der Waals surface area (Å²) >= 11 is 0. The smallest absolute Gasteiger partial charge is 0.434 e. The Morgan fingerprint density at radius 1 is 0.917 bits per heavy atom. The fourth-order valence-corrected chi connectivity index (χ4v) is 3.77. The van der Waals surface area contributed by atoms with Crippen LogP contribution in [-0.2, 0) is 11.0 Å². The lowest BCUT2D eigenvalue weighted by molar-refractivity contribution is -0.143. The number of halogens is 4. The molecule has 0 fully saturated rings. The Labute approximate surface area is 202 Å². The highest BCUT2D eigenvalue weighted by Gasteiger charge is 2.41. The molecule has 10 heteroatoms. The van der Waals surface area contributed by atoms with Crippen molar-refractivity contribution in [1.82, 2.24) is 15.1 Å². The fraction of sp³-hybridized carbons (Fsp3) is 0.115. The second kappa shape index (κ2) is 10.0. The first-order valence-electron chi connectivity index (χ1n) is 10.7. The van der Waals surface area contributed by atoms with Gasteiger partial charge in [0.05, 0.1) is 29.9 Å². The van der Waals surface area contributed by atoms with Crippen LogP contribution in [0.5, 0.6) is 0 Å². The summed E-state index contributed by atoms with van der Waals surface area (Å²) in [5.74, 6) is -3.04. The van der Waals surface area contributed by atoms with E-state index >= 15 is 0 Å². The molecule has 1 aromatic heterocycles. The lowest BCUT2D eigenvalue weighted by atomic mass is 9.99. The molecule has 36 heavy (non-hydrogen) atoms. The zero-order valence-electron chi connectivity index (χ0n) is 18.5. The number of aromatic nitrogens is 2. The van der Waals surface area contributed by atoms with E-state index in [1.165, 1.54) is 0 Å². The number of benzene rings is 3. The number of amides is 1. The molecule has 0 radical (unpaired) electrons. The van der Waals surface area contributed by atoms with Crippen molar-refractivity contribution in [2.45, 2.75) is 18.6 Å². The third-order valence-electron chi connectivity index (χ3n) is 5.46. The molecule has 0 aliphatic carbocycles. The van der Waals surface area contributed by atoms with E-state index in [0.29, 0.717) is 10.2 Å². The number of carboxylic acids is 1. The van der Waals surface area contributed by atoms with Crippen molar-refractivity contribution in [2.24, 2.45) is 0 Å². The van der Waals surface area contributed by atoms with E-state index in [4.69, 9.17) is 0 Å². The van der Waals surface area contributed by atoms with Crippen LogP contribution >= 0.6 is 0 Å². The van der Waals surface area contributed by atoms with Crippen LogP contribution in [0.15, 0.2) is 85.1 Å². The molecule has 1 heterocycles. The first kappa shape index (κ1) is 24.6. The highest BCUT2D eigenvalue weighted by molar-refractivity contribution is 5.96. The number of hydrogen-bond acceptors (Lipinski definition) is 3. The molecule has 1 atom stereocenters. The van der Waals surface area contributed by atoms with Crippen LogP contribution in [0.1, 0.15) is 34.1 Å². The minimum atomic E-state index is -4.98. The predicted molar refractivity (Wildman–Crippen MR) is 123 cm³/mol. The Morgan fingerprint density at radius 3 is 2.11 bits per heavy atom. The second-order valence-electron chi connectivity index (χ2n) is 7.90. The highest BCUT2D eigenvalue weighted by Crippen LogP contribution is 2.34. The lowest BCUT2D eigenvalue weighted by Gasteiger charge is -2.19. The van der Waals surface area contributed by atoms with Crippen LogP contribution in [0.25, 0.3) is 16.8 Å². The maximum atomic E-state index is 13.9. The third kappa shape index (κ3) is 5.43. The van der Waals surface area contributed by atoms with Crippen molar-refractivity contribution in [3.05, 3.63) is 108 Å². The van der Waals surface area contributed by atoms with Gasteiger partial charge in [-0.1, -0.05) is 54.6 Å². The number of alkyl halides is 3. The normalized spacial score (nSPS) is 12.2. The molecule has 1 amide bonds. The molecule has 0 saturated carbocycles. The summed E-state index contributed by atoms with van der Waals surface area (Å²) in [5, 5.41) is 15.4. The molecule has 4 aromatic rings. The molecule has 0 aliphatic rings. The summed E-state index contributed by atoms with van der Waals surface area (Å²) in [6.07, 6.45) is -4.78. The summed E-state index contributed by atoms with van der Waals surface area (Å²) in [5.41, 5.74) is -0.0694. The molecular weight excluding hydrogens is 478 g/mol.